The number of amides is 1. The number of methoxy groups -OCH3 is 1. The fraction of sp³-hybridized carbons (Fsp3) is 0.588. The lowest BCUT2D eigenvalue weighted by atomic mass is 10.3. The van der Waals surface area contributed by atoms with E-state index >= 15 is 0 Å². The van der Waals surface area contributed by atoms with Gasteiger partial charge in [0.05, 0.1) is 10.6 Å². The molecule has 0 aromatic carbocycles. The molecule has 2 aromatic heterocycles. The third-order valence-electron chi connectivity index (χ3n) is 3.82. The summed E-state index contributed by atoms with van der Waals surface area (Å²) in [7, 11) is 5.10. The van der Waals surface area contributed by atoms with Crippen LogP contribution in [0.15, 0.2) is 16.0 Å². The third kappa shape index (κ3) is 4.62. The van der Waals surface area contributed by atoms with Crippen LogP contribution in [0.4, 0.5) is 0 Å². The van der Waals surface area contributed by atoms with Crippen molar-refractivity contribution in [2.75, 3.05) is 27.8 Å². The van der Waals surface area contributed by atoms with Gasteiger partial charge in [-0.05, 0) is 25.8 Å². The first kappa shape index (κ1) is 19.9. The summed E-state index contributed by atoms with van der Waals surface area (Å²) < 4.78 is 6.78. The summed E-state index contributed by atoms with van der Waals surface area (Å²) in [5.41, 5.74) is -0.0379. The number of carbonyl (C=O) groups excluding carboxylic acids is 1. The SMILES string of the molecule is CCc1cc2c(=O)n(CCCOC)c(S[C@@H](C)C(=O)N(C)C)nc2s1. The van der Waals surface area contributed by atoms with Crippen molar-refractivity contribution < 1.29 is 9.53 Å². The highest BCUT2D eigenvalue weighted by atomic mass is 32.2. The van der Waals surface area contributed by atoms with Gasteiger partial charge in [-0.1, -0.05) is 18.7 Å². The van der Waals surface area contributed by atoms with Crippen molar-refractivity contribution in [3.05, 3.63) is 21.3 Å². The molecule has 0 fully saturated rings. The van der Waals surface area contributed by atoms with Crippen LogP contribution < -0.4 is 5.56 Å². The lowest BCUT2D eigenvalue weighted by Crippen LogP contribution is -2.31. The highest BCUT2D eigenvalue weighted by Gasteiger charge is 2.21. The van der Waals surface area contributed by atoms with E-state index in [0.717, 1.165) is 22.5 Å². The Morgan fingerprint density at radius 2 is 2.20 bits per heavy atom. The number of thioether (sulfide) groups is 1. The minimum atomic E-state index is -0.307. The van der Waals surface area contributed by atoms with Crippen LogP contribution in [-0.2, 0) is 22.5 Å². The first-order valence-corrected chi connectivity index (χ1v) is 9.98. The largest absolute Gasteiger partial charge is 0.385 e. The topological polar surface area (TPSA) is 64.4 Å². The Kier molecular flexibility index (Phi) is 7.04. The van der Waals surface area contributed by atoms with E-state index in [9.17, 15) is 9.59 Å². The van der Waals surface area contributed by atoms with Crippen molar-refractivity contribution >= 4 is 39.2 Å². The first-order valence-electron chi connectivity index (χ1n) is 8.29. The molecule has 1 atom stereocenters. The van der Waals surface area contributed by atoms with Gasteiger partial charge in [-0.25, -0.2) is 4.98 Å². The Bertz CT molecular complexity index is 798. The van der Waals surface area contributed by atoms with E-state index in [1.165, 1.54) is 11.8 Å². The van der Waals surface area contributed by atoms with Crippen LogP contribution in [0.5, 0.6) is 0 Å². The van der Waals surface area contributed by atoms with E-state index in [1.54, 1.807) is 42.0 Å². The highest BCUT2D eigenvalue weighted by Crippen LogP contribution is 2.27. The van der Waals surface area contributed by atoms with Gasteiger partial charge in [0.15, 0.2) is 5.16 Å². The molecule has 0 bridgehead atoms. The molecule has 0 unspecified atom stereocenters. The Morgan fingerprint density at radius 1 is 1.48 bits per heavy atom. The molecule has 0 spiro atoms. The lowest BCUT2D eigenvalue weighted by Gasteiger charge is -2.18. The first-order chi connectivity index (χ1) is 11.9. The molecule has 0 aliphatic carbocycles. The van der Waals surface area contributed by atoms with Gasteiger partial charge in [0.1, 0.15) is 4.83 Å². The summed E-state index contributed by atoms with van der Waals surface area (Å²) in [4.78, 5) is 33.3. The molecular weight excluding hydrogens is 358 g/mol. The minimum absolute atomic E-state index is 0.00298. The molecule has 0 aliphatic heterocycles. The van der Waals surface area contributed by atoms with E-state index in [1.807, 2.05) is 13.0 Å². The van der Waals surface area contributed by atoms with Crippen LogP contribution in [0.3, 0.4) is 0 Å². The van der Waals surface area contributed by atoms with Gasteiger partial charge in [-0.3, -0.25) is 14.2 Å². The maximum absolute atomic E-state index is 12.9. The summed E-state index contributed by atoms with van der Waals surface area (Å²) in [6.45, 7) is 5.01. The average Bonchev–Trinajstić information content (AvgIpc) is 3.00. The van der Waals surface area contributed by atoms with Gasteiger partial charge in [0.2, 0.25) is 5.91 Å². The molecule has 0 radical (unpaired) electrons. The molecule has 138 valence electrons. The zero-order chi connectivity index (χ0) is 18.6. The van der Waals surface area contributed by atoms with Crippen molar-refractivity contribution in [3.63, 3.8) is 0 Å². The number of thiophene rings is 1. The molecule has 1 amide bonds. The maximum Gasteiger partial charge on any atom is 0.262 e. The molecule has 0 saturated carbocycles. The lowest BCUT2D eigenvalue weighted by molar-refractivity contribution is -0.127. The zero-order valence-electron chi connectivity index (χ0n) is 15.4. The summed E-state index contributed by atoms with van der Waals surface area (Å²) in [5, 5.41) is 0.953. The number of fused-ring (bicyclic) bond motifs is 1. The number of carbonyl (C=O) groups is 1. The van der Waals surface area contributed by atoms with Crippen LogP contribution in [0.25, 0.3) is 10.2 Å². The number of hydrogen-bond donors (Lipinski definition) is 0. The molecule has 8 heteroatoms. The van der Waals surface area contributed by atoms with Crippen LogP contribution in [-0.4, -0.2) is 53.4 Å². The smallest absolute Gasteiger partial charge is 0.262 e. The summed E-state index contributed by atoms with van der Waals surface area (Å²) in [6, 6.07) is 1.94. The van der Waals surface area contributed by atoms with Crippen molar-refractivity contribution in [3.8, 4) is 0 Å². The molecule has 0 aliphatic rings. The fourth-order valence-corrected chi connectivity index (χ4v) is 4.54. The van der Waals surface area contributed by atoms with Crippen molar-refractivity contribution in [2.24, 2.45) is 0 Å². The number of rotatable bonds is 8. The summed E-state index contributed by atoms with van der Waals surface area (Å²) in [5.74, 6) is 0.00298. The van der Waals surface area contributed by atoms with Crippen LogP contribution in [0.2, 0.25) is 0 Å². The normalized spacial score (nSPS) is 12.5. The molecule has 0 N–H and O–H groups in total. The Hall–Kier alpha value is -1.38. The molecule has 2 heterocycles. The number of hydrogen-bond acceptors (Lipinski definition) is 6. The molecule has 2 rings (SSSR count). The van der Waals surface area contributed by atoms with E-state index in [2.05, 4.69) is 6.92 Å². The standard InChI is InChI=1S/C17H25N3O3S2/c1-6-12-10-13-14(25-12)18-17(24-11(2)15(21)19(3)4)20(16(13)22)8-7-9-23-5/h10-11H,6-9H2,1-5H3/t11-/m0/s1. The predicted octanol–water partition coefficient (Wildman–Crippen LogP) is 2.63. The van der Waals surface area contributed by atoms with Gasteiger partial charge in [0, 0.05) is 39.2 Å². The van der Waals surface area contributed by atoms with E-state index in [0.29, 0.717) is 23.7 Å². The molecule has 25 heavy (non-hydrogen) atoms. The Morgan fingerprint density at radius 3 is 2.80 bits per heavy atom. The van der Waals surface area contributed by atoms with Crippen molar-refractivity contribution in [1.29, 1.82) is 0 Å². The van der Waals surface area contributed by atoms with E-state index < -0.39 is 0 Å². The minimum Gasteiger partial charge on any atom is -0.385 e. The summed E-state index contributed by atoms with van der Waals surface area (Å²) >= 11 is 2.88. The molecule has 0 saturated heterocycles. The van der Waals surface area contributed by atoms with Crippen LogP contribution in [0, 0.1) is 0 Å². The van der Waals surface area contributed by atoms with Crippen LogP contribution >= 0.6 is 23.1 Å². The number of aryl methyl sites for hydroxylation is 1. The molecule has 6 nitrogen and oxygen atoms in total. The van der Waals surface area contributed by atoms with Gasteiger partial charge < -0.3 is 9.64 Å². The molecule has 2 aromatic rings. The Balaban J connectivity index is 2.45. The quantitative estimate of drug-likeness (QED) is 0.398. The highest BCUT2D eigenvalue weighted by molar-refractivity contribution is 8.00. The molecular formula is C17H25N3O3S2. The second-order valence-electron chi connectivity index (χ2n) is 5.98. The number of ether oxygens (including phenoxy) is 1. The second-order valence-corrected chi connectivity index (χ2v) is 8.40. The van der Waals surface area contributed by atoms with Crippen LogP contribution in [0.1, 0.15) is 25.1 Å². The fourth-order valence-electron chi connectivity index (χ4n) is 2.45. The van der Waals surface area contributed by atoms with Gasteiger partial charge in [-0.15, -0.1) is 11.3 Å². The van der Waals surface area contributed by atoms with E-state index in [4.69, 9.17) is 9.72 Å². The maximum atomic E-state index is 12.9. The zero-order valence-corrected chi connectivity index (χ0v) is 17.0. The Labute approximate surface area is 156 Å². The number of nitrogens with zero attached hydrogens (tertiary/aromatic N) is 3. The van der Waals surface area contributed by atoms with Crippen molar-refractivity contribution in [1.82, 2.24) is 14.5 Å². The number of aromatic nitrogens is 2. The average molecular weight is 384 g/mol. The van der Waals surface area contributed by atoms with Gasteiger partial charge in [-0.2, -0.15) is 0 Å². The predicted molar refractivity (Wildman–Crippen MR) is 104 cm³/mol. The van der Waals surface area contributed by atoms with Gasteiger partial charge >= 0.3 is 0 Å². The van der Waals surface area contributed by atoms with Gasteiger partial charge in [0.25, 0.3) is 5.56 Å². The third-order valence-corrected chi connectivity index (χ3v) is 6.07. The van der Waals surface area contributed by atoms with Crippen molar-refractivity contribution in [2.45, 2.75) is 43.6 Å². The monoisotopic (exact) mass is 383 g/mol. The second kappa shape index (κ2) is 8.82. The summed E-state index contributed by atoms with van der Waals surface area (Å²) in [6.07, 6.45) is 1.60. The van der Waals surface area contributed by atoms with E-state index in [-0.39, 0.29) is 16.7 Å².